The first kappa shape index (κ1) is 22.4. The van der Waals surface area contributed by atoms with Gasteiger partial charge in [-0.05, 0) is 69.6 Å². The Hall–Kier alpha value is -3.36. The lowest BCUT2D eigenvalue weighted by Crippen LogP contribution is -2.52. The second-order valence-corrected chi connectivity index (χ2v) is 9.83. The van der Waals surface area contributed by atoms with E-state index in [0.29, 0.717) is 17.0 Å². The number of nitrogens with two attached hydrogens (primary N) is 2. The first-order chi connectivity index (χ1) is 16.4. The van der Waals surface area contributed by atoms with Crippen LogP contribution in [-0.4, -0.2) is 59.1 Å². The lowest BCUT2D eigenvalue weighted by atomic mass is 9.74. The summed E-state index contributed by atoms with van der Waals surface area (Å²) >= 11 is 0. The lowest BCUT2D eigenvalue weighted by molar-refractivity contribution is 0.0206. The molecule has 34 heavy (non-hydrogen) atoms. The predicted molar refractivity (Wildman–Crippen MR) is 136 cm³/mol. The Labute approximate surface area is 200 Å². The number of para-hydroxylation sites is 1. The highest BCUT2D eigenvalue weighted by Gasteiger charge is 2.39. The van der Waals surface area contributed by atoms with Gasteiger partial charge >= 0.3 is 0 Å². The van der Waals surface area contributed by atoms with Crippen molar-refractivity contribution in [1.82, 2.24) is 20.0 Å². The van der Waals surface area contributed by atoms with Crippen molar-refractivity contribution in [3.05, 3.63) is 66.0 Å². The van der Waals surface area contributed by atoms with Gasteiger partial charge in [0.05, 0.1) is 16.9 Å². The molecule has 0 bridgehead atoms. The van der Waals surface area contributed by atoms with Crippen molar-refractivity contribution in [2.75, 3.05) is 38.2 Å². The number of rotatable bonds is 4. The third kappa shape index (κ3) is 4.38. The van der Waals surface area contributed by atoms with Gasteiger partial charge < -0.3 is 15.5 Å². The number of benzene rings is 2. The Kier molecular flexibility index (Phi) is 6.02. The fourth-order valence-corrected chi connectivity index (χ4v) is 5.60. The zero-order valence-corrected chi connectivity index (χ0v) is 19.7. The van der Waals surface area contributed by atoms with Gasteiger partial charge in [-0.15, -0.1) is 0 Å². The number of H-pyrrole nitrogens is 1. The smallest absolute Gasteiger partial charge is 0.253 e. The summed E-state index contributed by atoms with van der Waals surface area (Å²) in [5, 5.41) is 9.70. The van der Waals surface area contributed by atoms with Crippen molar-refractivity contribution in [2.45, 2.75) is 25.7 Å². The number of likely N-dealkylation sites (tertiary alicyclic amines) is 2. The fraction of sp³-hybridized carbons (Fsp3) is 0.385. The van der Waals surface area contributed by atoms with Crippen LogP contribution >= 0.6 is 0 Å². The van der Waals surface area contributed by atoms with Crippen LogP contribution in [0.2, 0.25) is 0 Å². The van der Waals surface area contributed by atoms with Crippen molar-refractivity contribution >= 4 is 28.2 Å². The molecule has 5 N–H and O–H groups in total. The molecule has 1 aromatic heterocycles. The normalized spacial score (nSPS) is 21.8. The Morgan fingerprint density at radius 1 is 1.09 bits per heavy atom. The van der Waals surface area contributed by atoms with Crippen LogP contribution in [0.1, 0.15) is 41.7 Å². The SMILES string of the molecule is CN1CCCC2(CCCN(C(=O)c3ccc(N(N)/C=C(\N)c4n[nH]c5ccccc45)cc3)C2)C1. The highest BCUT2D eigenvalue weighted by atomic mass is 16.2. The first-order valence-corrected chi connectivity index (χ1v) is 12.0. The van der Waals surface area contributed by atoms with Crippen LogP contribution in [0, 0.1) is 5.41 Å². The number of amides is 1. The zero-order chi connectivity index (χ0) is 23.7. The van der Waals surface area contributed by atoms with E-state index >= 15 is 0 Å². The highest BCUT2D eigenvalue weighted by molar-refractivity contribution is 5.95. The molecule has 0 aliphatic carbocycles. The Morgan fingerprint density at radius 3 is 2.59 bits per heavy atom. The molecule has 5 rings (SSSR count). The second kappa shape index (κ2) is 9.12. The molecule has 0 radical (unpaired) electrons. The number of fused-ring (bicyclic) bond motifs is 1. The molecule has 2 fully saturated rings. The summed E-state index contributed by atoms with van der Waals surface area (Å²) in [6.07, 6.45) is 6.35. The number of carbonyl (C=O) groups excluding carboxylic acids is 1. The van der Waals surface area contributed by atoms with Crippen molar-refractivity contribution < 1.29 is 4.79 Å². The van der Waals surface area contributed by atoms with Crippen LogP contribution in [0.15, 0.2) is 54.7 Å². The van der Waals surface area contributed by atoms with Crippen molar-refractivity contribution in [3.8, 4) is 0 Å². The number of hydrazine groups is 1. The average molecular weight is 460 g/mol. The lowest BCUT2D eigenvalue weighted by Gasteiger charge is -2.47. The topological polar surface area (TPSA) is 108 Å². The number of hydrogen-bond acceptors (Lipinski definition) is 6. The fourth-order valence-electron chi connectivity index (χ4n) is 5.60. The molecule has 178 valence electrons. The monoisotopic (exact) mass is 459 g/mol. The molecule has 8 heteroatoms. The van der Waals surface area contributed by atoms with E-state index in [0.717, 1.165) is 49.2 Å². The van der Waals surface area contributed by atoms with Crippen LogP contribution in [0.4, 0.5) is 5.69 Å². The molecule has 3 aromatic rings. The minimum atomic E-state index is 0.0977. The molecule has 1 unspecified atom stereocenters. The van der Waals surface area contributed by atoms with Gasteiger partial charge in [-0.3, -0.25) is 14.9 Å². The summed E-state index contributed by atoms with van der Waals surface area (Å²) in [6, 6.07) is 15.2. The summed E-state index contributed by atoms with van der Waals surface area (Å²) in [5.74, 6) is 6.36. The summed E-state index contributed by atoms with van der Waals surface area (Å²) < 4.78 is 0. The summed E-state index contributed by atoms with van der Waals surface area (Å²) in [6.45, 7) is 3.91. The molecular weight excluding hydrogens is 426 g/mol. The van der Waals surface area contributed by atoms with E-state index in [1.54, 1.807) is 6.20 Å². The van der Waals surface area contributed by atoms with E-state index in [-0.39, 0.29) is 11.3 Å². The zero-order valence-electron chi connectivity index (χ0n) is 19.7. The molecule has 1 atom stereocenters. The number of anilines is 1. The van der Waals surface area contributed by atoms with Gasteiger partial charge in [0.2, 0.25) is 0 Å². The van der Waals surface area contributed by atoms with Gasteiger partial charge in [0, 0.05) is 42.2 Å². The molecule has 2 aliphatic heterocycles. The maximum absolute atomic E-state index is 13.3. The maximum Gasteiger partial charge on any atom is 0.253 e. The largest absolute Gasteiger partial charge is 0.396 e. The van der Waals surface area contributed by atoms with Crippen LogP contribution in [0.3, 0.4) is 0 Å². The standard InChI is InChI=1S/C26H33N7O/c1-31-14-4-12-26(17-31)13-5-15-32(18-26)25(34)19-8-10-20(11-9-19)33(28)16-22(27)24-21-6-2-3-7-23(21)29-30-24/h2-3,6-11,16H,4-5,12-15,17-18,27-28H2,1H3,(H,29,30)/b22-16-. The van der Waals surface area contributed by atoms with Crippen LogP contribution in [-0.2, 0) is 0 Å². The number of nitrogens with zero attached hydrogens (tertiary/aromatic N) is 4. The van der Waals surface area contributed by atoms with Crippen molar-refractivity contribution in [1.29, 1.82) is 0 Å². The minimum absolute atomic E-state index is 0.0977. The highest BCUT2D eigenvalue weighted by Crippen LogP contribution is 2.38. The van der Waals surface area contributed by atoms with Crippen molar-refractivity contribution in [3.63, 3.8) is 0 Å². The average Bonchev–Trinajstić information content (AvgIpc) is 3.28. The Morgan fingerprint density at radius 2 is 1.82 bits per heavy atom. The Bertz CT molecular complexity index is 1200. The van der Waals surface area contributed by atoms with Crippen LogP contribution < -0.4 is 16.6 Å². The van der Waals surface area contributed by atoms with Gasteiger partial charge in [0.25, 0.3) is 5.91 Å². The summed E-state index contributed by atoms with van der Waals surface area (Å²) in [4.78, 5) is 17.7. The third-order valence-electron chi connectivity index (χ3n) is 7.24. The molecule has 2 aromatic carbocycles. The molecular formula is C26H33N7O. The molecule has 0 saturated carbocycles. The Balaban J connectivity index is 1.28. The predicted octanol–water partition coefficient (Wildman–Crippen LogP) is 3.15. The quantitative estimate of drug-likeness (QED) is 0.409. The molecule has 1 spiro atoms. The van der Waals surface area contributed by atoms with E-state index in [2.05, 4.69) is 22.1 Å². The van der Waals surface area contributed by atoms with E-state index in [1.165, 1.54) is 24.3 Å². The van der Waals surface area contributed by atoms with E-state index in [4.69, 9.17) is 11.6 Å². The van der Waals surface area contributed by atoms with Gasteiger partial charge in [-0.1, -0.05) is 18.2 Å². The molecule has 1 amide bonds. The van der Waals surface area contributed by atoms with E-state index in [9.17, 15) is 4.79 Å². The van der Waals surface area contributed by atoms with Crippen LogP contribution in [0.25, 0.3) is 16.6 Å². The molecule has 3 heterocycles. The first-order valence-electron chi connectivity index (χ1n) is 12.0. The summed E-state index contributed by atoms with van der Waals surface area (Å²) in [5.41, 5.74) is 9.99. The van der Waals surface area contributed by atoms with Crippen LogP contribution in [0.5, 0.6) is 0 Å². The minimum Gasteiger partial charge on any atom is -0.396 e. The van der Waals surface area contributed by atoms with Gasteiger partial charge in [0.15, 0.2) is 0 Å². The number of piperidine rings is 2. The molecule has 2 aliphatic rings. The molecule has 8 nitrogen and oxygen atoms in total. The number of aromatic amines is 1. The molecule has 2 saturated heterocycles. The number of carbonyl (C=O) groups is 1. The third-order valence-corrected chi connectivity index (χ3v) is 7.24. The second-order valence-electron chi connectivity index (χ2n) is 9.83. The van der Waals surface area contributed by atoms with E-state index in [1.807, 2.05) is 53.4 Å². The van der Waals surface area contributed by atoms with E-state index < -0.39 is 0 Å². The number of aromatic nitrogens is 2. The van der Waals surface area contributed by atoms with Crippen molar-refractivity contribution in [2.24, 2.45) is 17.0 Å². The number of hydrogen-bond donors (Lipinski definition) is 3. The number of nitrogens with one attached hydrogen (secondary N) is 1. The van der Waals surface area contributed by atoms with Gasteiger partial charge in [-0.25, -0.2) is 5.84 Å². The van der Waals surface area contributed by atoms with Gasteiger partial charge in [0.1, 0.15) is 5.69 Å². The maximum atomic E-state index is 13.3. The van der Waals surface area contributed by atoms with Gasteiger partial charge in [-0.2, -0.15) is 5.10 Å². The summed E-state index contributed by atoms with van der Waals surface area (Å²) in [7, 11) is 2.19.